The quantitative estimate of drug-likeness (QED) is 0.541. The van der Waals surface area contributed by atoms with Crippen molar-refractivity contribution in [1.29, 1.82) is 0 Å². The van der Waals surface area contributed by atoms with Crippen molar-refractivity contribution in [3.8, 4) is 0 Å². The summed E-state index contributed by atoms with van der Waals surface area (Å²) >= 11 is 12.0. The summed E-state index contributed by atoms with van der Waals surface area (Å²) < 4.78 is 0. The van der Waals surface area contributed by atoms with Gasteiger partial charge in [-0.1, -0.05) is 48.3 Å². The zero-order valence-electron chi connectivity index (χ0n) is 14.3. The van der Waals surface area contributed by atoms with Crippen molar-refractivity contribution >= 4 is 46.9 Å². The lowest BCUT2D eigenvalue weighted by Crippen LogP contribution is -2.20. The number of nitrogens with one attached hydrogen (secondary N) is 2. The predicted molar refractivity (Wildman–Crippen MR) is 106 cm³/mol. The Morgan fingerprint density at radius 2 is 1.62 bits per heavy atom. The third-order valence-corrected chi connectivity index (χ3v) is 4.27. The maximum Gasteiger partial charge on any atom is 0.240 e. The summed E-state index contributed by atoms with van der Waals surface area (Å²) in [6, 6.07) is 12.7. The number of benzene rings is 2. The highest BCUT2D eigenvalue weighted by molar-refractivity contribution is 6.38. The van der Waals surface area contributed by atoms with Crippen molar-refractivity contribution in [2.45, 2.75) is 26.2 Å². The van der Waals surface area contributed by atoms with E-state index in [9.17, 15) is 9.59 Å². The fourth-order valence-corrected chi connectivity index (χ4v) is 2.63. The minimum atomic E-state index is -0.374. The van der Waals surface area contributed by atoms with Gasteiger partial charge in [-0.15, -0.1) is 0 Å². The summed E-state index contributed by atoms with van der Waals surface area (Å²) in [5.74, 6) is -0.608. The minimum Gasteiger partial charge on any atom is -0.326 e. The number of carbonyl (C=O) groups excluding carboxylic acids is 2. The van der Waals surface area contributed by atoms with Gasteiger partial charge in [-0.2, -0.15) is 5.10 Å². The Labute approximate surface area is 162 Å². The van der Waals surface area contributed by atoms with Gasteiger partial charge in [0.05, 0.1) is 16.3 Å². The van der Waals surface area contributed by atoms with E-state index in [2.05, 4.69) is 22.8 Å². The zero-order valence-corrected chi connectivity index (χ0v) is 15.8. The summed E-state index contributed by atoms with van der Waals surface area (Å²) in [5.41, 5.74) is 4.77. The first kappa shape index (κ1) is 19.9. The van der Waals surface area contributed by atoms with Gasteiger partial charge in [-0.05, 0) is 36.2 Å². The van der Waals surface area contributed by atoms with Crippen LogP contribution in [0.5, 0.6) is 0 Å². The van der Waals surface area contributed by atoms with Crippen LogP contribution < -0.4 is 10.7 Å². The lowest BCUT2D eigenvalue weighted by Gasteiger charge is -2.06. The zero-order chi connectivity index (χ0) is 18.9. The number of anilines is 1. The van der Waals surface area contributed by atoms with Crippen LogP contribution in [-0.4, -0.2) is 18.0 Å². The van der Waals surface area contributed by atoms with Crippen molar-refractivity contribution in [2.24, 2.45) is 5.10 Å². The molecule has 0 aliphatic heterocycles. The molecule has 0 aliphatic carbocycles. The average Bonchev–Trinajstić information content (AvgIpc) is 2.63. The van der Waals surface area contributed by atoms with Crippen molar-refractivity contribution in [3.05, 3.63) is 63.6 Å². The third kappa shape index (κ3) is 6.17. The van der Waals surface area contributed by atoms with Gasteiger partial charge in [0.15, 0.2) is 0 Å². The molecule has 0 heterocycles. The molecule has 2 aromatic carbocycles. The molecular weight excluding hydrogens is 373 g/mol. The first-order valence-electron chi connectivity index (χ1n) is 8.14. The van der Waals surface area contributed by atoms with Crippen LogP contribution in [0.25, 0.3) is 0 Å². The Balaban J connectivity index is 1.77. The Morgan fingerprint density at radius 1 is 1.00 bits per heavy atom. The molecule has 0 bridgehead atoms. The van der Waals surface area contributed by atoms with Crippen molar-refractivity contribution in [1.82, 2.24) is 5.43 Å². The van der Waals surface area contributed by atoms with Crippen LogP contribution in [0.1, 0.15) is 30.9 Å². The molecule has 0 aliphatic rings. The average molecular weight is 392 g/mol. The number of hydrazone groups is 1. The molecule has 0 aromatic heterocycles. The van der Waals surface area contributed by atoms with E-state index in [4.69, 9.17) is 23.2 Å². The fourth-order valence-electron chi connectivity index (χ4n) is 2.13. The molecule has 0 atom stereocenters. The van der Waals surface area contributed by atoms with Crippen LogP contribution in [0.2, 0.25) is 10.0 Å². The standard InChI is InChI=1S/C19H19Cl2N3O2/c1-2-13-6-8-14(9-7-13)23-18(25)10-11-19(26)24-22-12-15-16(20)4-3-5-17(15)21/h3-9,12H,2,10-11H2,1H3,(H,23,25)(H,24,26). The molecule has 2 aromatic rings. The highest BCUT2D eigenvalue weighted by Gasteiger charge is 2.07. The summed E-state index contributed by atoms with van der Waals surface area (Å²) in [4.78, 5) is 23.7. The molecule has 0 radical (unpaired) electrons. The second kappa shape index (κ2) is 9.94. The Kier molecular flexibility index (Phi) is 7.63. The maximum absolute atomic E-state index is 11.9. The summed E-state index contributed by atoms with van der Waals surface area (Å²) in [6.07, 6.45) is 2.39. The number of hydrogen-bond acceptors (Lipinski definition) is 3. The van der Waals surface area contributed by atoms with Crippen molar-refractivity contribution < 1.29 is 9.59 Å². The first-order valence-corrected chi connectivity index (χ1v) is 8.90. The predicted octanol–water partition coefficient (Wildman–Crippen LogP) is 4.42. The SMILES string of the molecule is CCc1ccc(NC(=O)CCC(=O)NN=Cc2c(Cl)cccc2Cl)cc1. The summed E-state index contributed by atoms with van der Waals surface area (Å²) in [7, 11) is 0. The molecule has 2 amide bonds. The van der Waals surface area contributed by atoms with Gasteiger partial charge >= 0.3 is 0 Å². The minimum absolute atomic E-state index is 0.0203. The lowest BCUT2D eigenvalue weighted by molar-refractivity contribution is -0.124. The largest absolute Gasteiger partial charge is 0.326 e. The van der Waals surface area contributed by atoms with E-state index >= 15 is 0 Å². The molecule has 0 fully saturated rings. The van der Waals surface area contributed by atoms with Crippen LogP contribution in [0.15, 0.2) is 47.6 Å². The number of hydrogen-bond donors (Lipinski definition) is 2. The molecule has 5 nitrogen and oxygen atoms in total. The molecule has 0 saturated carbocycles. The number of aryl methyl sites for hydroxylation is 1. The van der Waals surface area contributed by atoms with Crippen molar-refractivity contribution in [3.63, 3.8) is 0 Å². The smallest absolute Gasteiger partial charge is 0.240 e. The number of carbonyl (C=O) groups is 2. The van der Waals surface area contributed by atoms with Gasteiger partial charge < -0.3 is 5.32 Å². The van der Waals surface area contributed by atoms with E-state index in [-0.39, 0.29) is 24.7 Å². The second-order valence-electron chi connectivity index (χ2n) is 5.53. The van der Waals surface area contributed by atoms with E-state index in [1.165, 1.54) is 11.8 Å². The van der Waals surface area contributed by atoms with Gasteiger partial charge in [0, 0.05) is 24.1 Å². The normalized spacial score (nSPS) is 10.7. The van der Waals surface area contributed by atoms with Crippen LogP contribution in [0, 0.1) is 0 Å². The molecule has 2 N–H and O–H groups in total. The molecule has 0 saturated heterocycles. The monoisotopic (exact) mass is 391 g/mol. The van der Waals surface area contributed by atoms with Crippen LogP contribution in [0.3, 0.4) is 0 Å². The fraction of sp³-hybridized carbons (Fsp3) is 0.211. The number of nitrogens with zero attached hydrogens (tertiary/aromatic N) is 1. The van der Waals surface area contributed by atoms with Crippen LogP contribution in [0.4, 0.5) is 5.69 Å². The number of halogens is 2. The summed E-state index contributed by atoms with van der Waals surface area (Å²) in [6.45, 7) is 2.06. The summed E-state index contributed by atoms with van der Waals surface area (Å²) in [5, 5.41) is 7.44. The van der Waals surface area contributed by atoms with Gasteiger partial charge in [0.2, 0.25) is 11.8 Å². The molecular formula is C19H19Cl2N3O2. The van der Waals surface area contributed by atoms with Crippen LogP contribution in [-0.2, 0) is 16.0 Å². The third-order valence-electron chi connectivity index (χ3n) is 3.61. The Hall–Kier alpha value is -2.37. The molecule has 0 unspecified atom stereocenters. The number of amides is 2. The second-order valence-corrected chi connectivity index (χ2v) is 6.34. The Morgan fingerprint density at radius 3 is 2.23 bits per heavy atom. The van der Waals surface area contributed by atoms with E-state index in [1.54, 1.807) is 18.2 Å². The Bertz CT molecular complexity index is 785. The topological polar surface area (TPSA) is 70.6 Å². The van der Waals surface area contributed by atoms with E-state index in [0.29, 0.717) is 21.3 Å². The highest BCUT2D eigenvalue weighted by atomic mass is 35.5. The lowest BCUT2D eigenvalue weighted by atomic mass is 10.1. The van der Waals surface area contributed by atoms with E-state index in [1.807, 2.05) is 24.3 Å². The van der Waals surface area contributed by atoms with Gasteiger partial charge in [0.25, 0.3) is 0 Å². The molecule has 0 spiro atoms. The van der Waals surface area contributed by atoms with E-state index in [0.717, 1.165) is 6.42 Å². The van der Waals surface area contributed by atoms with Crippen molar-refractivity contribution in [2.75, 3.05) is 5.32 Å². The molecule has 2 rings (SSSR count). The van der Waals surface area contributed by atoms with Gasteiger partial charge in [0.1, 0.15) is 0 Å². The molecule has 7 heteroatoms. The maximum atomic E-state index is 11.9. The van der Waals surface area contributed by atoms with Gasteiger partial charge in [-0.3, -0.25) is 9.59 Å². The molecule has 136 valence electrons. The van der Waals surface area contributed by atoms with E-state index < -0.39 is 0 Å². The number of rotatable bonds is 7. The first-order chi connectivity index (χ1) is 12.5. The highest BCUT2D eigenvalue weighted by Crippen LogP contribution is 2.22. The van der Waals surface area contributed by atoms with Gasteiger partial charge in [-0.25, -0.2) is 5.43 Å². The van der Waals surface area contributed by atoms with Crippen LogP contribution >= 0.6 is 23.2 Å². The molecule has 26 heavy (non-hydrogen) atoms.